The summed E-state index contributed by atoms with van der Waals surface area (Å²) in [5.41, 5.74) is 8.13. The van der Waals surface area contributed by atoms with Crippen LogP contribution in [0.1, 0.15) is 17.0 Å². The normalized spacial score (nSPS) is 20.8. The Kier molecular flexibility index (Phi) is 3.10. The Bertz CT molecular complexity index is 392. The van der Waals surface area contributed by atoms with Crippen LogP contribution in [0.25, 0.3) is 0 Å². The Morgan fingerprint density at radius 2 is 2.25 bits per heavy atom. The molecule has 0 bridgehead atoms. The number of nitrogens with one attached hydrogen (secondary N) is 1. The van der Waals surface area contributed by atoms with Gasteiger partial charge in [-0.15, -0.1) is 0 Å². The molecule has 1 aromatic carbocycles. The molecule has 1 saturated heterocycles. The van der Waals surface area contributed by atoms with Crippen molar-refractivity contribution in [3.63, 3.8) is 0 Å². The molecule has 1 heterocycles. The van der Waals surface area contributed by atoms with E-state index in [0.717, 1.165) is 12.1 Å². The standard InChI is InChI=1S/C12H17N3O/c1-15-8-10(7-14-12(15)16)11-5-3-2-4-9(11)6-13/h2-5,10H,6-8,13H2,1H3,(H,14,16). The number of nitrogens with zero attached hydrogens (tertiary/aromatic N) is 1. The van der Waals surface area contributed by atoms with Crippen LogP contribution in [0, 0.1) is 0 Å². The van der Waals surface area contributed by atoms with Gasteiger partial charge in [0, 0.05) is 32.6 Å². The maximum Gasteiger partial charge on any atom is 0.317 e. The SMILES string of the molecule is CN1CC(c2ccccc2CN)CNC1=O. The third kappa shape index (κ3) is 2.02. The second-order valence-electron chi connectivity index (χ2n) is 4.17. The minimum absolute atomic E-state index is 0.00137. The molecule has 0 spiro atoms. The molecule has 1 unspecified atom stereocenters. The first-order valence-electron chi connectivity index (χ1n) is 5.49. The monoisotopic (exact) mass is 219 g/mol. The molecule has 0 radical (unpaired) electrons. The second kappa shape index (κ2) is 4.53. The number of nitrogens with two attached hydrogens (primary N) is 1. The lowest BCUT2D eigenvalue weighted by molar-refractivity contribution is 0.193. The minimum Gasteiger partial charge on any atom is -0.337 e. The molecule has 3 N–H and O–H groups in total. The van der Waals surface area contributed by atoms with Gasteiger partial charge in [-0.1, -0.05) is 24.3 Å². The number of hydrogen-bond donors (Lipinski definition) is 2. The number of carbonyl (C=O) groups is 1. The van der Waals surface area contributed by atoms with E-state index in [4.69, 9.17) is 5.73 Å². The van der Waals surface area contributed by atoms with E-state index in [1.54, 1.807) is 4.90 Å². The van der Waals surface area contributed by atoms with Crippen LogP contribution in [0.5, 0.6) is 0 Å². The highest BCUT2D eigenvalue weighted by atomic mass is 16.2. The molecule has 16 heavy (non-hydrogen) atoms. The fourth-order valence-electron chi connectivity index (χ4n) is 2.15. The fourth-order valence-corrected chi connectivity index (χ4v) is 2.15. The summed E-state index contributed by atoms with van der Waals surface area (Å²) in [4.78, 5) is 13.0. The number of likely N-dealkylation sites (N-methyl/N-ethyl adjacent to an activating group) is 1. The van der Waals surface area contributed by atoms with Crippen LogP contribution in [0.3, 0.4) is 0 Å². The third-order valence-electron chi connectivity index (χ3n) is 3.06. The average molecular weight is 219 g/mol. The van der Waals surface area contributed by atoms with Crippen molar-refractivity contribution < 1.29 is 4.79 Å². The Balaban J connectivity index is 2.21. The van der Waals surface area contributed by atoms with Crippen LogP contribution in [-0.4, -0.2) is 31.1 Å². The summed E-state index contributed by atoms with van der Waals surface area (Å²) in [6.07, 6.45) is 0. The summed E-state index contributed by atoms with van der Waals surface area (Å²) in [5.74, 6) is 0.336. The predicted molar refractivity (Wildman–Crippen MR) is 63.1 cm³/mol. The van der Waals surface area contributed by atoms with E-state index < -0.39 is 0 Å². The van der Waals surface area contributed by atoms with Crippen molar-refractivity contribution in [2.24, 2.45) is 5.73 Å². The Morgan fingerprint density at radius 3 is 2.94 bits per heavy atom. The number of urea groups is 1. The van der Waals surface area contributed by atoms with E-state index in [2.05, 4.69) is 11.4 Å². The predicted octanol–water partition coefficient (Wildman–Crippen LogP) is 0.884. The van der Waals surface area contributed by atoms with Gasteiger partial charge in [0.1, 0.15) is 0 Å². The molecule has 1 aliphatic rings. The first-order chi connectivity index (χ1) is 7.72. The summed E-state index contributed by atoms with van der Waals surface area (Å²) < 4.78 is 0. The first-order valence-corrected chi connectivity index (χ1v) is 5.49. The van der Waals surface area contributed by atoms with Gasteiger partial charge < -0.3 is 16.0 Å². The Hall–Kier alpha value is -1.55. The van der Waals surface area contributed by atoms with Crippen LogP contribution in [0.2, 0.25) is 0 Å². The molecule has 4 heteroatoms. The van der Waals surface area contributed by atoms with Crippen molar-refractivity contribution in [2.45, 2.75) is 12.5 Å². The lowest BCUT2D eigenvalue weighted by Gasteiger charge is -2.31. The minimum atomic E-state index is 0.00137. The summed E-state index contributed by atoms with van der Waals surface area (Å²) in [6, 6.07) is 8.16. The molecule has 1 atom stereocenters. The molecule has 2 rings (SSSR count). The van der Waals surface area contributed by atoms with Gasteiger partial charge >= 0.3 is 6.03 Å². The van der Waals surface area contributed by atoms with Crippen LogP contribution >= 0.6 is 0 Å². The highest BCUT2D eigenvalue weighted by Crippen LogP contribution is 2.22. The molecule has 4 nitrogen and oxygen atoms in total. The van der Waals surface area contributed by atoms with E-state index in [1.165, 1.54) is 5.56 Å². The first kappa shape index (κ1) is 11.0. The molecular formula is C12H17N3O. The van der Waals surface area contributed by atoms with Crippen LogP contribution in [-0.2, 0) is 6.54 Å². The fraction of sp³-hybridized carbons (Fsp3) is 0.417. The number of carbonyl (C=O) groups excluding carboxylic acids is 1. The third-order valence-corrected chi connectivity index (χ3v) is 3.06. The van der Waals surface area contributed by atoms with Gasteiger partial charge in [0.25, 0.3) is 0 Å². The largest absolute Gasteiger partial charge is 0.337 e. The molecule has 0 saturated carbocycles. The van der Waals surface area contributed by atoms with Crippen molar-refractivity contribution >= 4 is 6.03 Å². The van der Waals surface area contributed by atoms with Gasteiger partial charge in [0.05, 0.1) is 0 Å². The average Bonchev–Trinajstić information content (AvgIpc) is 2.32. The molecule has 86 valence electrons. The summed E-state index contributed by atoms with van der Waals surface area (Å²) >= 11 is 0. The Labute approximate surface area is 95.4 Å². The number of hydrogen-bond acceptors (Lipinski definition) is 2. The molecule has 0 aliphatic carbocycles. The van der Waals surface area contributed by atoms with Gasteiger partial charge in [0.2, 0.25) is 0 Å². The van der Waals surface area contributed by atoms with Crippen molar-refractivity contribution in [1.29, 1.82) is 0 Å². The summed E-state index contributed by atoms with van der Waals surface area (Å²) in [5, 5.41) is 2.88. The zero-order valence-electron chi connectivity index (χ0n) is 9.44. The lowest BCUT2D eigenvalue weighted by Crippen LogP contribution is -2.48. The van der Waals surface area contributed by atoms with Crippen LogP contribution < -0.4 is 11.1 Å². The number of amides is 2. The van der Waals surface area contributed by atoms with Gasteiger partial charge in [-0.3, -0.25) is 0 Å². The van der Waals surface area contributed by atoms with Crippen molar-refractivity contribution in [1.82, 2.24) is 10.2 Å². The molecular weight excluding hydrogens is 202 g/mol. The molecule has 1 aromatic rings. The van der Waals surface area contributed by atoms with Crippen molar-refractivity contribution in [2.75, 3.05) is 20.1 Å². The number of benzene rings is 1. The molecule has 0 aromatic heterocycles. The highest BCUT2D eigenvalue weighted by Gasteiger charge is 2.24. The quantitative estimate of drug-likeness (QED) is 0.776. The zero-order chi connectivity index (χ0) is 11.5. The second-order valence-corrected chi connectivity index (χ2v) is 4.17. The van der Waals surface area contributed by atoms with Gasteiger partial charge in [-0.25, -0.2) is 4.79 Å². The van der Waals surface area contributed by atoms with E-state index in [1.807, 2.05) is 25.2 Å². The molecule has 2 amide bonds. The Morgan fingerprint density at radius 1 is 1.50 bits per heavy atom. The van der Waals surface area contributed by atoms with Gasteiger partial charge in [-0.2, -0.15) is 0 Å². The topological polar surface area (TPSA) is 58.4 Å². The van der Waals surface area contributed by atoms with E-state index >= 15 is 0 Å². The summed E-state index contributed by atoms with van der Waals surface area (Å²) in [6.45, 7) is 1.99. The smallest absolute Gasteiger partial charge is 0.317 e. The molecule has 1 aliphatic heterocycles. The zero-order valence-corrected chi connectivity index (χ0v) is 9.44. The maximum absolute atomic E-state index is 11.3. The maximum atomic E-state index is 11.3. The van der Waals surface area contributed by atoms with E-state index in [0.29, 0.717) is 19.0 Å². The van der Waals surface area contributed by atoms with Crippen molar-refractivity contribution in [3.05, 3.63) is 35.4 Å². The van der Waals surface area contributed by atoms with E-state index in [9.17, 15) is 4.79 Å². The number of rotatable bonds is 2. The van der Waals surface area contributed by atoms with E-state index in [-0.39, 0.29) is 6.03 Å². The van der Waals surface area contributed by atoms with Crippen LogP contribution in [0.15, 0.2) is 24.3 Å². The van der Waals surface area contributed by atoms with Gasteiger partial charge in [-0.05, 0) is 11.1 Å². The lowest BCUT2D eigenvalue weighted by atomic mass is 9.92. The van der Waals surface area contributed by atoms with Crippen LogP contribution in [0.4, 0.5) is 4.79 Å². The van der Waals surface area contributed by atoms with Crippen molar-refractivity contribution in [3.8, 4) is 0 Å². The highest BCUT2D eigenvalue weighted by molar-refractivity contribution is 5.75. The summed E-state index contributed by atoms with van der Waals surface area (Å²) in [7, 11) is 1.81. The molecule has 1 fully saturated rings. The van der Waals surface area contributed by atoms with Gasteiger partial charge in [0.15, 0.2) is 0 Å².